The van der Waals surface area contributed by atoms with Crippen molar-refractivity contribution in [2.75, 3.05) is 6.54 Å². The molecule has 1 atom stereocenters. The average molecular weight is 286 g/mol. The molecule has 0 saturated heterocycles. The molecule has 4 heteroatoms. The van der Waals surface area contributed by atoms with Gasteiger partial charge >= 0.3 is 0 Å². The highest BCUT2D eigenvalue weighted by atomic mass is 15.3. The summed E-state index contributed by atoms with van der Waals surface area (Å²) in [7, 11) is 0. The summed E-state index contributed by atoms with van der Waals surface area (Å²) in [5, 5.41) is 7.90. The first kappa shape index (κ1) is 15.7. The van der Waals surface area contributed by atoms with Crippen molar-refractivity contribution in [1.29, 1.82) is 0 Å². The molecular weight excluding hydrogens is 260 g/mol. The number of nitrogens with zero attached hydrogens (tertiary/aromatic N) is 3. The Bertz CT molecular complexity index is 547. The Hall–Kier alpha value is -1.68. The normalized spacial score (nSPS) is 12.5. The Morgan fingerprint density at radius 2 is 2.10 bits per heavy atom. The average Bonchev–Trinajstić information content (AvgIpc) is 2.87. The van der Waals surface area contributed by atoms with Crippen LogP contribution in [0.5, 0.6) is 0 Å². The molecule has 2 aromatic rings. The zero-order chi connectivity index (χ0) is 15.1. The smallest absolute Gasteiger partial charge is 0.138 e. The van der Waals surface area contributed by atoms with Gasteiger partial charge in [-0.15, -0.1) is 0 Å². The maximum Gasteiger partial charge on any atom is 0.138 e. The molecule has 1 unspecified atom stereocenters. The Balaban J connectivity index is 2.06. The fourth-order valence-corrected chi connectivity index (χ4v) is 2.69. The van der Waals surface area contributed by atoms with Gasteiger partial charge in [0.15, 0.2) is 0 Å². The van der Waals surface area contributed by atoms with E-state index >= 15 is 0 Å². The summed E-state index contributed by atoms with van der Waals surface area (Å²) in [6.07, 6.45) is 4.69. The highest BCUT2D eigenvalue weighted by Gasteiger charge is 2.13. The molecule has 2 rings (SSSR count). The van der Waals surface area contributed by atoms with E-state index in [1.807, 2.05) is 4.68 Å². The van der Waals surface area contributed by atoms with E-state index in [0.717, 1.165) is 38.2 Å². The molecule has 0 aliphatic rings. The highest BCUT2D eigenvalue weighted by Crippen LogP contribution is 2.10. The van der Waals surface area contributed by atoms with Gasteiger partial charge in [-0.05, 0) is 31.9 Å². The predicted octanol–water partition coefficient (Wildman–Crippen LogP) is 2.76. The summed E-state index contributed by atoms with van der Waals surface area (Å²) in [5.41, 5.74) is 2.69. The second-order valence-corrected chi connectivity index (χ2v) is 5.55. The Kier molecular flexibility index (Phi) is 5.93. The van der Waals surface area contributed by atoms with E-state index in [9.17, 15) is 0 Å². The van der Waals surface area contributed by atoms with Crippen molar-refractivity contribution in [3.05, 3.63) is 47.5 Å². The number of rotatable bonds is 8. The molecule has 21 heavy (non-hydrogen) atoms. The predicted molar refractivity (Wildman–Crippen MR) is 86.4 cm³/mol. The Morgan fingerprint density at radius 1 is 1.24 bits per heavy atom. The third-order valence-corrected chi connectivity index (χ3v) is 3.62. The van der Waals surface area contributed by atoms with Gasteiger partial charge in [0.2, 0.25) is 0 Å². The van der Waals surface area contributed by atoms with Gasteiger partial charge < -0.3 is 5.32 Å². The van der Waals surface area contributed by atoms with Crippen LogP contribution in [0.4, 0.5) is 0 Å². The third kappa shape index (κ3) is 4.67. The molecule has 114 valence electrons. The van der Waals surface area contributed by atoms with Crippen molar-refractivity contribution in [2.45, 2.75) is 52.6 Å². The quantitative estimate of drug-likeness (QED) is 0.811. The SMILES string of the molecule is CCCn1ncnc1CC(Cc1cccc(C)c1)NCC. The lowest BCUT2D eigenvalue weighted by Crippen LogP contribution is -2.34. The van der Waals surface area contributed by atoms with E-state index in [1.54, 1.807) is 6.33 Å². The van der Waals surface area contributed by atoms with Gasteiger partial charge in [0.05, 0.1) is 0 Å². The lowest BCUT2D eigenvalue weighted by molar-refractivity contribution is 0.482. The van der Waals surface area contributed by atoms with Gasteiger partial charge in [-0.25, -0.2) is 4.98 Å². The number of hydrogen-bond donors (Lipinski definition) is 1. The molecule has 1 aromatic heterocycles. The maximum absolute atomic E-state index is 4.43. The van der Waals surface area contributed by atoms with Gasteiger partial charge in [0, 0.05) is 19.0 Å². The van der Waals surface area contributed by atoms with Gasteiger partial charge in [-0.3, -0.25) is 4.68 Å². The lowest BCUT2D eigenvalue weighted by Gasteiger charge is -2.18. The van der Waals surface area contributed by atoms with Crippen LogP contribution in [0.2, 0.25) is 0 Å². The number of nitrogens with one attached hydrogen (secondary N) is 1. The molecule has 1 heterocycles. The van der Waals surface area contributed by atoms with E-state index in [0.29, 0.717) is 6.04 Å². The summed E-state index contributed by atoms with van der Waals surface area (Å²) >= 11 is 0. The fraction of sp³-hybridized carbons (Fsp3) is 0.529. The van der Waals surface area contributed by atoms with E-state index in [-0.39, 0.29) is 0 Å². The monoisotopic (exact) mass is 286 g/mol. The van der Waals surface area contributed by atoms with Crippen molar-refractivity contribution in [2.24, 2.45) is 0 Å². The summed E-state index contributed by atoms with van der Waals surface area (Å²) in [4.78, 5) is 4.43. The molecule has 0 aliphatic heterocycles. The summed E-state index contributed by atoms with van der Waals surface area (Å²) < 4.78 is 2.03. The van der Waals surface area contributed by atoms with Crippen molar-refractivity contribution >= 4 is 0 Å². The van der Waals surface area contributed by atoms with Gasteiger partial charge in [0.1, 0.15) is 12.2 Å². The Morgan fingerprint density at radius 3 is 2.81 bits per heavy atom. The minimum Gasteiger partial charge on any atom is -0.313 e. The van der Waals surface area contributed by atoms with Crippen LogP contribution >= 0.6 is 0 Å². The second-order valence-electron chi connectivity index (χ2n) is 5.55. The molecule has 0 radical (unpaired) electrons. The molecular formula is C17H26N4. The van der Waals surface area contributed by atoms with Crippen molar-refractivity contribution in [3.63, 3.8) is 0 Å². The fourth-order valence-electron chi connectivity index (χ4n) is 2.69. The molecule has 0 amide bonds. The molecule has 1 N–H and O–H groups in total. The van der Waals surface area contributed by atoms with Crippen molar-refractivity contribution in [1.82, 2.24) is 20.1 Å². The summed E-state index contributed by atoms with van der Waals surface area (Å²) in [5.74, 6) is 1.08. The second kappa shape index (κ2) is 7.93. The zero-order valence-electron chi connectivity index (χ0n) is 13.3. The summed E-state index contributed by atoms with van der Waals surface area (Å²) in [6.45, 7) is 8.38. The van der Waals surface area contributed by atoms with E-state index in [2.05, 4.69) is 60.4 Å². The van der Waals surface area contributed by atoms with Crippen LogP contribution in [0, 0.1) is 6.92 Å². The molecule has 0 fully saturated rings. The van der Waals surface area contributed by atoms with Crippen molar-refractivity contribution < 1.29 is 0 Å². The van der Waals surface area contributed by atoms with Crippen molar-refractivity contribution in [3.8, 4) is 0 Å². The molecule has 4 nitrogen and oxygen atoms in total. The number of likely N-dealkylation sites (N-methyl/N-ethyl adjacent to an activating group) is 1. The van der Waals surface area contributed by atoms with Crippen LogP contribution < -0.4 is 5.32 Å². The minimum absolute atomic E-state index is 0.400. The van der Waals surface area contributed by atoms with E-state index in [1.165, 1.54) is 11.1 Å². The molecule has 0 spiro atoms. The topological polar surface area (TPSA) is 42.7 Å². The van der Waals surface area contributed by atoms with E-state index < -0.39 is 0 Å². The van der Waals surface area contributed by atoms with E-state index in [4.69, 9.17) is 0 Å². The molecule has 0 bridgehead atoms. The standard InChI is InChI=1S/C17H26N4/c1-4-9-21-17(19-13-20-21)12-16(18-5-2)11-15-8-6-7-14(3)10-15/h6-8,10,13,16,18H,4-5,9,11-12H2,1-3H3. The van der Waals surface area contributed by atoms with Crippen LogP contribution in [0.3, 0.4) is 0 Å². The number of benzene rings is 1. The highest BCUT2D eigenvalue weighted by molar-refractivity contribution is 5.23. The third-order valence-electron chi connectivity index (χ3n) is 3.62. The first-order valence-corrected chi connectivity index (χ1v) is 7.88. The largest absolute Gasteiger partial charge is 0.313 e. The summed E-state index contributed by atoms with van der Waals surface area (Å²) in [6, 6.07) is 9.14. The molecule has 0 saturated carbocycles. The molecule has 0 aliphatic carbocycles. The lowest BCUT2D eigenvalue weighted by atomic mass is 10.0. The zero-order valence-corrected chi connectivity index (χ0v) is 13.3. The number of hydrogen-bond acceptors (Lipinski definition) is 3. The van der Waals surface area contributed by atoms with Crippen LogP contribution in [0.1, 0.15) is 37.2 Å². The first-order chi connectivity index (χ1) is 10.2. The number of aromatic nitrogens is 3. The Labute approximate surface area is 127 Å². The van der Waals surface area contributed by atoms with Crippen LogP contribution in [0.15, 0.2) is 30.6 Å². The van der Waals surface area contributed by atoms with Crippen LogP contribution in [0.25, 0.3) is 0 Å². The number of aryl methyl sites for hydroxylation is 2. The first-order valence-electron chi connectivity index (χ1n) is 7.88. The van der Waals surface area contributed by atoms with Gasteiger partial charge in [-0.2, -0.15) is 5.10 Å². The molecule has 1 aromatic carbocycles. The minimum atomic E-state index is 0.400. The van der Waals surface area contributed by atoms with Crippen LogP contribution in [-0.2, 0) is 19.4 Å². The van der Waals surface area contributed by atoms with Crippen LogP contribution in [-0.4, -0.2) is 27.4 Å². The van der Waals surface area contributed by atoms with Gasteiger partial charge in [0.25, 0.3) is 0 Å². The van der Waals surface area contributed by atoms with Gasteiger partial charge in [-0.1, -0.05) is 43.7 Å². The maximum atomic E-state index is 4.43.